The van der Waals surface area contributed by atoms with E-state index in [9.17, 15) is 14.0 Å². The number of hydrogen-bond acceptors (Lipinski definition) is 3. The van der Waals surface area contributed by atoms with Crippen LogP contribution < -0.4 is 15.4 Å². The lowest BCUT2D eigenvalue weighted by Crippen LogP contribution is -2.49. The van der Waals surface area contributed by atoms with Crippen LogP contribution in [-0.4, -0.2) is 25.0 Å². The van der Waals surface area contributed by atoms with Crippen LogP contribution in [0.25, 0.3) is 10.8 Å². The monoisotopic (exact) mass is 408 g/mol. The molecule has 0 unspecified atom stereocenters. The molecule has 0 aliphatic carbocycles. The average Bonchev–Trinajstić information content (AvgIpc) is 2.75. The molecule has 0 saturated carbocycles. The smallest absolute Gasteiger partial charge is 0.251 e. The van der Waals surface area contributed by atoms with Gasteiger partial charge >= 0.3 is 0 Å². The number of methoxy groups -OCH3 is 1. The van der Waals surface area contributed by atoms with E-state index in [0.717, 1.165) is 22.1 Å². The van der Waals surface area contributed by atoms with Crippen molar-refractivity contribution in [2.75, 3.05) is 7.11 Å². The molecule has 3 aromatic carbocycles. The number of halogens is 1. The van der Waals surface area contributed by atoms with E-state index in [1.807, 2.05) is 50.2 Å². The van der Waals surface area contributed by atoms with Gasteiger partial charge in [0.2, 0.25) is 5.91 Å². The molecule has 3 aromatic rings. The summed E-state index contributed by atoms with van der Waals surface area (Å²) in [6, 6.07) is 16.3. The summed E-state index contributed by atoms with van der Waals surface area (Å²) in [4.78, 5) is 25.1. The van der Waals surface area contributed by atoms with Crippen LogP contribution in [0.2, 0.25) is 0 Å². The van der Waals surface area contributed by atoms with Crippen molar-refractivity contribution in [1.29, 1.82) is 0 Å². The molecule has 0 aliphatic heterocycles. The minimum atomic E-state index is -0.702. The number of fused-ring (bicyclic) bond motifs is 1. The van der Waals surface area contributed by atoms with E-state index in [2.05, 4.69) is 10.6 Å². The highest BCUT2D eigenvalue weighted by Crippen LogP contribution is 2.22. The number of hydrogen-bond donors (Lipinski definition) is 2. The van der Waals surface area contributed by atoms with Crippen LogP contribution in [0, 0.1) is 11.7 Å². The lowest BCUT2D eigenvalue weighted by Gasteiger charge is -2.22. The van der Waals surface area contributed by atoms with Gasteiger partial charge in [-0.25, -0.2) is 4.39 Å². The lowest BCUT2D eigenvalue weighted by atomic mass is 10.0. The van der Waals surface area contributed by atoms with Gasteiger partial charge in [0.1, 0.15) is 17.6 Å². The molecule has 0 spiro atoms. The van der Waals surface area contributed by atoms with E-state index in [1.165, 1.54) is 24.3 Å². The summed E-state index contributed by atoms with van der Waals surface area (Å²) in [5.74, 6) is -0.420. The Kier molecular flexibility index (Phi) is 6.67. The number of benzene rings is 3. The minimum absolute atomic E-state index is 0.113. The van der Waals surface area contributed by atoms with Crippen molar-refractivity contribution < 1.29 is 18.7 Å². The summed E-state index contributed by atoms with van der Waals surface area (Å²) in [6.07, 6.45) is 0. The van der Waals surface area contributed by atoms with Gasteiger partial charge in [0.05, 0.1) is 7.11 Å². The summed E-state index contributed by atoms with van der Waals surface area (Å²) >= 11 is 0. The van der Waals surface area contributed by atoms with Crippen LogP contribution in [0.5, 0.6) is 5.75 Å². The topological polar surface area (TPSA) is 67.4 Å². The van der Waals surface area contributed by atoms with E-state index < -0.39 is 17.8 Å². The Morgan fingerprint density at radius 3 is 2.30 bits per heavy atom. The molecule has 1 atom stereocenters. The molecular weight excluding hydrogens is 383 g/mol. The lowest BCUT2D eigenvalue weighted by molar-refractivity contribution is -0.124. The molecular formula is C24H25FN2O3. The summed E-state index contributed by atoms with van der Waals surface area (Å²) in [5, 5.41) is 7.74. The SMILES string of the molecule is COc1ccc2cc(CNC(=O)[C@H](NC(=O)c3ccc(F)cc3)C(C)C)ccc2c1. The highest BCUT2D eigenvalue weighted by molar-refractivity contribution is 5.97. The van der Waals surface area contributed by atoms with E-state index in [0.29, 0.717) is 12.1 Å². The molecule has 0 aromatic heterocycles. The third-order valence-corrected chi connectivity index (χ3v) is 4.92. The molecule has 0 aliphatic rings. The zero-order valence-electron chi connectivity index (χ0n) is 17.2. The molecule has 0 saturated heterocycles. The Morgan fingerprint density at radius 2 is 1.63 bits per heavy atom. The van der Waals surface area contributed by atoms with Crippen LogP contribution >= 0.6 is 0 Å². The van der Waals surface area contributed by atoms with Crippen molar-refractivity contribution in [2.24, 2.45) is 5.92 Å². The van der Waals surface area contributed by atoms with Gasteiger partial charge in [-0.2, -0.15) is 0 Å². The van der Waals surface area contributed by atoms with Gasteiger partial charge in [-0.3, -0.25) is 9.59 Å². The number of carbonyl (C=O) groups excluding carboxylic acids is 2. The Labute approximate surface area is 175 Å². The maximum Gasteiger partial charge on any atom is 0.251 e. The maximum atomic E-state index is 13.1. The Bertz CT molecular complexity index is 1050. The zero-order valence-corrected chi connectivity index (χ0v) is 17.2. The predicted molar refractivity (Wildman–Crippen MR) is 115 cm³/mol. The van der Waals surface area contributed by atoms with Crippen LogP contribution in [0.15, 0.2) is 60.7 Å². The van der Waals surface area contributed by atoms with Gasteiger partial charge < -0.3 is 15.4 Å². The minimum Gasteiger partial charge on any atom is -0.497 e. The second kappa shape index (κ2) is 9.39. The summed E-state index contributed by atoms with van der Waals surface area (Å²) in [6.45, 7) is 4.06. The first-order chi connectivity index (χ1) is 14.4. The van der Waals surface area contributed by atoms with Crippen LogP contribution in [0.3, 0.4) is 0 Å². The predicted octanol–water partition coefficient (Wildman–Crippen LogP) is 4.06. The van der Waals surface area contributed by atoms with Crippen LogP contribution in [0.4, 0.5) is 4.39 Å². The van der Waals surface area contributed by atoms with Crippen molar-refractivity contribution >= 4 is 22.6 Å². The van der Waals surface area contributed by atoms with Crippen molar-refractivity contribution in [1.82, 2.24) is 10.6 Å². The van der Waals surface area contributed by atoms with Crippen molar-refractivity contribution in [3.05, 3.63) is 77.6 Å². The third kappa shape index (κ3) is 5.14. The molecule has 156 valence electrons. The fraction of sp³-hybridized carbons (Fsp3) is 0.250. The van der Waals surface area contributed by atoms with Crippen LogP contribution in [-0.2, 0) is 11.3 Å². The quantitative estimate of drug-likeness (QED) is 0.620. The average molecular weight is 408 g/mol. The van der Waals surface area contributed by atoms with E-state index >= 15 is 0 Å². The standard InChI is InChI=1S/C24H25FN2O3/c1-15(2)22(27-23(28)17-6-9-20(25)10-7-17)24(29)26-14-16-4-5-19-13-21(30-3)11-8-18(19)12-16/h4-13,15,22H,14H2,1-3H3,(H,26,29)(H,27,28)/t22-/m1/s1. The van der Waals surface area contributed by atoms with Crippen molar-refractivity contribution in [3.63, 3.8) is 0 Å². The highest BCUT2D eigenvalue weighted by Gasteiger charge is 2.24. The third-order valence-electron chi connectivity index (χ3n) is 4.92. The molecule has 3 rings (SSSR count). The zero-order chi connectivity index (χ0) is 21.7. The number of nitrogens with one attached hydrogen (secondary N) is 2. The summed E-state index contributed by atoms with van der Waals surface area (Å²) in [5.41, 5.74) is 1.26. The fourth-order valence-corrected chi connectivity index (χ4v) is 3.17. The van der Waals surface area contributed by atoms with E-state index in [4.69, 9.17) is 4.74 Å². The van der Waals surface area contributed by atoms with Gasteiger partial charge in [-0.15, -0.1) is 0 Å². The van der Waals surface area contributed by atoms with Gasteiger partial charge in [0.25, 0.3) is 5.91 Å². The normalized spacial score (nSPS) is 11.9. The number of amides is 2. The Morgan fingerprint density at radius 1 is 0.967 bits per heavy atom. The van der Waals surface area contributed by atoms with Crippen molar-refractivity contribution in [3.8, 4) is 5.75 Å². The van der Waals surface area contributed by atoms with Crippen molar-refractivity contribution in [2.45, 2.75) is 26.4 Å². The van der Waals surface area contributed by atoms with Gasteiger partial charge in [0.15, 0.2) is 0 Å². The molecule has 0 radical (unpaired) electrons. The molecule has 30 heavy (non-hydrogen) atoms. The molecule has 0 heterocycles. The molecule has 0 bridgehead atoms. The first-order valence-corrected chi connectivity index (χ1v) is 9.78. The molecule has 5 nitrogen and oxygen atoms in total. The van der Waals surface area contributed by atoms with Gasteiger partial charge in [-0.1, -0.05) is 32.0 Å². The highest BCUT2D eigenvalue weighted by atomic mass is 19.1. The molecule has 6 heteroatoms. The largest absolute Gasteiger partial charge is 0.497 e. The van der Waals surface area contributed by atoms with E-state index in [1.54, 1.807) is 7.11 Å². The summed E-state index contributed by atoms with van der Waals surface area (Å²) < 4.78 is 18.3. The summed E-state index contributed by atoms with van der Waals surface area (Å²) in [7, 11) is 1.63. The first-order valence-electron chi connectivity index (χ1n) is 9.78. The maximum absolute atomic E-state index is 13.1. The Balaban J connectivity index is 1.65. The Hall–Kier alpha value is -3.41. The number of rotatable bonds is 7. The van der Waals surface area contributed by atoms with Gasteiger partial charge in [0, 0.05) is 12.1 Å². The molecule has 2 amide bonds. The van der Waals surface area contributed by atoms with E-state index in [-0.39, 0.29) is 11.8 Å². The molecule has 0 fully saturated rings. The number of ether oxygens (including phenoxy) is 1. The van der Waals surface area contributed by atoms with Crippen LogP contribution in [0.1, 0.15) is 29.8 Å². The molecule has 2 N–H and O–H groups in total. The number of carbonyl (C=O) groups is 2. The first kappa shape index (κ1) is 21.3. The van der Waals surface area contributed by atoms with Gasteiger partial charge in [-0.05, 0) is 64.7 Å². The second-order valence-electron chi connectivity index (χ2n) is 7.47. The fourth-order valence-electron chi connectivity index (χ4n) is 3.17. The second-order valence-corrected chi connectivity index (χ2v) is 7.47.